The largest absolute Gasteiger partial charge is 0.296 e. The van der Waals surface area contributed by atoms with Crippen molar-refractivity contribution in [2.75, 3.05) is 5.01 Å². The lowest BCUT2D eigenvalue weighted by molar-refractivity contribution is -0.117. The van der Waals surface area contributed by atoms with Gasteiger partial charge in [0.2, 0.25) is 0 Å². The maximum atomic E-state index is 12.7. The Bertz CT molecular complexity index is 1070. The highest BCUT2D eigenvalue weighted by atomic mass is 35.5. The van der Waals surface area contributed by atoms with Gasteiger partial charge in [-0.2, -0.15) is 28.8 Å². The summed E-state index contributed by atoms with van der Waals surface area (Å²) in [6.07, 6.45) is 0. The van der Waals surface area contributed by atoms with Gasteiger partial charge >= 0.3 is 0 Å². The van der Waals surface area contributed by atoms with Crippen molar-refractivity contribution in [1.82, 2.24) is 0 Å². The van der Waals surface area contributed by atoms with E-state index in [0.29, 0.717) is 11.4 Å². The second kappa shape index (κ2) is 7.35. The minimum absolute atomic E-state index is 0.0656. The molecule has 0 spiro atoms. The Balaban J connectivity index is 1.93. The standard InChI is InChI=1S/C16H12Cl2N4O4S/c1-9-15(20-19-10-5-3-2-4-6-10)16(23)22(21-9)13-7-12(18)14(8-11(13)17)27(24,25)26/h2-8,15H,1H3,(H,24,25,26)/t15-/m1/s1. The van der Waals surface area contributed by atoms with Gasteiger partial charge in [0.05, 0.1) is 27.1 Å². The molecule has 2 aromatic rings. The normalized spacial score (nSPS) is 17.6. The average Bonchev–Trinajstić information content (AvgIpc) is 2.89. The van der Waals surface area contributed by atoms with Crippen LogP contribution in [0.3, 0.4) is 0 Å². The fourth-order valence-electron chi connectivity index (χ4n) is 2.36. The van der Waals surface area contributed by atoms with Crippen molar-refractivity contribution in [2.45, 2.75) is 17.9 Å². The van der Waals surface area contributed by atoms with Gasteiger partial charge in [-0.15, -0.1) is 0 Å². The molecule has 3 rings (SSSR count). The van der Waals surface area contributed by atoms with Gasteiger partial charge in [-0.25, -0.2) is 0 Å². The average molecular weight is 427 g/mol. The van der Waals surface area contributed by atoms with Crippen LogP contribution >= 0.6 is 23.2 Å². The highest BCUT2D eigenvalue weighted by molar-refractivity contribution is 7.86. The second-order valence-corrected chi connectivity index (χ2v) is 7.76. The van der Waals surface area contributed by atoms with Crippen molar-refractivity contribution in [2.24, 2.45) is 15.3 Å². The Labute approximate surface area is 164 Å². The number of carbonyl (C=O) groups excluding carboxylic acids is 1. The van der Waals surface area contributed by atoms with E-state index in [1.54, 1.807) is 31.2 Å². The minimum atomic E-state index is -4.56. The van der Waals surface area contributed by atoms with Crippen LogP contribution in [0.5, 0.6) is 0 Å². The summed E-state index contributed by atoms with van der Waals surface area (Å²) in [6.45, 7) is 1.61. The number of benzene rings is 2. The van der Waals surface area contributed by atoms with Crippen molar-refractivity contribution >= 4 is 56.3 Å². The van der Waals surface area contributed by atoms with E-state index in [1.807, 2.05) is 6.07 Å². The Hall–Kier alpha value is -2.33. The third-order valence-electron chi connectivity index (χ3n) is 3.65. The number of rotatable bonds is 4. The molecular weight excluding hydrogens is 415 g/mol. The molecule has 0 bridgehead atoms. The Kier molecular flexibility index (Phi) is 5.29. The Morgan fingerprint density at radius 2 is 1.81 bits per heavy atom. The molecule has 11 heteroatoms. The SMILES string of the molecule is CC1=NN(c2cc(Cl)c(S(=O)(=O)O)cc2Cl)C(=O)[C@@H]1N=Nc1ccccc1. The first-order valence-corrected chi connectivity index (χ1v) is 9.69. The Morgan fingerprint density at radius 3 is 2.44 bits per heavy atom. The van der Waals surface area contributed by atoms with Gasteiger partial charge in [-0.05, 0) is 31.2 Å². The molecular formula is C16H12Cl2N4O4S. The summed E-state index contributed by atoms with van der Waals surface area (Å²) in [4.78, 5) is 12.1. The molecule has 2 aromatic carbocycles. The summed E-state index contributed by atoms with van der Waals surface area (Å²) in [5.74, 6) is -0.523. The quantitative estimate of drug-likeness (QED) is 0.584. The molecule has 0 radical (unpaired) electrons. The third kappa shape index (κ3) is 4.01. The van der Waals surface area contributed by atoms with Crippen molar-refractivity contribution in [1.29, 1.82) is 0 Å². The van der Waals surface area contributed by atoms with Crippen molar-refractivity contribution in [3.63, 3.8) is 0 Å². The van der Waals surface area contributed by atoms with Crippen molar-refractivity contribution < 1.29 is 17.8 Å². The van der Waals surface area contributed by atoms with E-state index in [9.17, 15) is 13.2 Å². The van der Waals surface area contributed by atoms with Gasteiger partial charge in [0.15, 0.2) is 6.04 Å². The molecule has 0 aliphatic carbocycles. The van der Waals surface area contributed by atoms with E-state index in [0.717, 1.165) is 17.1 Å². The number of amides is 1. The van der Waals surface area contributed by atoms with E-state index >= 15 is 0 Å². The van der Waals surface area contributed by atoms with Gasteiger partial charge in [0.25, 0.3) is 16.0 Å². The smallest absolute Gasteiger partial charge is 0.282 e. The van der Waals surface area contributed by atoms with E-state index in [-0.39, 0.29) is 15.7 Å². The van der Waals surface area contributed by atoms with Crippen LogP contribution in [0.4, 0.5) is 11.4 Å². The third-order valence-corrected chi connectivity index (χ3v) is 5.27. The second-order valence-electron chi connectivity index (χ2n) is 5.55. The highest BCUT2D eigenvalue weighted by Gasteiger charge is 2.36. The van der Waals surface area contributed by atoms with Crippen molar-refractivity contribution in [3.8, 4) is 0 Å². The first-order valence-electron chi connectivity index (χ1n) is 7.50. The van der Waals surface area contributed by atoms with Crippen molar-refractivity contribution in [3.05, 3.63) is 52.5 Å². The van der Waals surface area contributed by atoms with E-state index in [4.69, 9.17) is 27.8 Å². The predicted octanol–water partition coefficient (Wildman–Crippen LogP) is 4.12. The summed E-state index contributed by atoms with van der Waals surface area (Å²) in [6, 6.07) is 10.0. The van der Waals surface area contributed by atoms with Gasteiger partial charge in [0, 0.05) is 0 Å². The molecule has 1 atom stereocenters. The molecule has 0 aromatic heterocycles. The van der Waals surface area contributed by atoms with E-state index in [2.05, 4.69) is 15.3 Å². The molecule has 0 unspecified atom stereocenters. The van der Waals surface area contributed by atoms with Crippen LogP contribution in [0.15, 0.2) is 62.7 Å². The number of anilines is 1. The van der Waals surface area contributed by atoms with Crippen LogP contribution in [0.25, 0.3) is 0 Å². The molecule has 0 saturated heterocycles. The molecule has 1 aliphatic heterocycles. The van der Waals surface area contributed by atoms with Gasteiger partial charge in [0.1, 0.15) is 4.90 Å². The van der Waals surface area contributed by atoms with Gasteiger partial charge in [-0.3, -0.25) is 9.35 Å². The van der Waals surface area contributed by atoms with Crippen LogP contribution in [0, 0.1) is 0 Å². The molecule has 27 heavy (non-hydrogen) atoms. The zero-order chi connectivity index (χ0) is 19.8. The Morgan fingerprint density at radius 1 is 1.15 bits per heavy atom. The molecule has 1 N–H and O–H groups in total. The fraction of sp³-hybridized carbons (Fsp3) is 0.125. The zero-order valence-electron chi connectivity index (χ0n) is 13.7. The minimum Gasteiger partial charge on any atom is -0.282 e. The molecule has 0 fully saturated rings. The van der Waals surface area contributed by atoms with Crippen LogP contribution in [-0.4, -0.2) is 30.6 Å². The number of carbonyl (C=O) groups is 1. The summed E-state index contributed by atoms with van der Waals surface area (Å²) in [5, 5.41) is 12.7. The molecule has 1 aliphatic rings. The van der Waals surface area contributed by atoms with Crippen LogP contribution in [-0.2, 0) is 14.9 Å². The predicted molar refractivity (Wildman–Crippen MR) is 102 cm³/mol. The molecule has 1 amide bonds. The number of nitrogens with zero attached hydrogens (tertiary/aromatic N) is 4. The monoisotopic (exact) mass is 426 g/mol. The molecule has 8 nitrogen and oxygen atoms in total. The summed E-state index contributed by atoms with van der Waals surface area (Å²) >= 11 is 12.0. The zero-order valence-corrected chi connectivity index (χ0v) is 16.1. The molecule has 140 valence electrons. The number of halogens is 2. The maximum Gasteiger partial charge on any atom is 0.296 e. The number of azo groups is 1. The number of hydrogen-bond acceptors (Lipinski definition) is 6. The first kappa shape index (κ1) is 19.4. The van der Waals surface area contributed by atoms with E-state index < -0.39 is 27.0 Å². The fourth-order valence-corrected chi connectivity index (χ4v) is 3.69. The summed E-state index contributed by atoms with van der Waals surface area (Å²) in [5.41, 5.74) is 1.02. The lowest BCUT2D eigenvalue weighted by Gasteiger charge is -2.15. The number of hydrazone groups is 1. The topological polar surface area (TPSA) is 112 Å². The van der Waals surface area contributed by atoms with Crippen LogP contribution in [0.2, 0.25) is 10.0 Å². The maximum absolute atomic E-state index is 12.7. The van der Waals surface area contributed by atoms with Gasteiger partial charge in [-0.1, -0.05) is 41.4 Å². The molecule has 0 saturated carbocycles. The summed E-state index contributed by atoms with van der Waals surface area (Å²) < 4.78 is 31.8. The van der Waals surface area contributed by atoms with E-state index in [1.165, 1.54) is 0 Å². The van der Waals surface area contributed by atoms with Crippen LogP contribution in [0.1, 0.15) is 6.92 Å². The van der Waals surface area contributed by atoms with Gasteiger partial charge < -0.3 is 0 Å². The molecule has 1 heterocycles. The summed E-state index contributed by atoms with van der Waals surface area (Å²) in [7, 11) is -4.56. The lowest BCUT2D eigenvalue weighted by Crippen LogP contribution is -2.30. The first-order chi connectivity index (χ1) is 12.7. The van der Waals surface area contributed by atoms with Crippen LogP contribution < -0.4 is 5.01 Å². The highest BCUT2D eigenvalue weighted by Crippen LogP contribution is 2.36. The lowest BCUT2D eigenvalue weighted by atomic mass is 10.2. The number of hydrogen-bond donors (Lipinski definition) is 1.